The van der Waals surface area contributed by atoms with Gasteiger partial charge in [0.1, 0.15) is 0 Å². The summed E-state index contributed by atoms with van der Waals surface area (Å²) >= 11 is 0. The van der Waals surface area contributed by atoms with E-state index >= 15 is 0 Å². The quantitative estimate of drug-likeness (QED) is 0.930. The number of amides is 1. The van der Waals surface area contributed by atoms with Gasteiger partial charge in [0.05, 0.1) is 0 Å². The Morgan fingerprint density at radius 3 is 3.05 bits per heavy atom. The molecule has 1 aromatic rings. The van der Waals surface area contributed by atoms with Gasteiger partial charge in [0.2, 0.25) is 5.91 Å². The van der Waals surface area contributed by atoms with Crippen LogP contribution in [0.25, 0.3) is 0 Å². The lowest BCUT2D eigenvalue weighted by Crippen LogP contribution is -2.35. The Hall–Kier alpha value is -1.06. The molecule has 1 atom stereocenters. The number of carbonyl (C=O) groups excluding carboxylic acids is 1. The van der Waals surface area contributed by atoms with Crippen LogP contribution in [-0.2, 0) is 11.2 Å². The molecule has 0 radical (unpaired) electrons. The summed E-state index contributed by atoms with van der Waals surface area (Å²) in [5.41, 5.74) is 3.73. The molecule has 0 saturated carbocycles. The summed E-state index contributed by atoms with van der Waals surface area (Å²) in [7, 11) is 0. The number of anilines is 1. The van der Waals surface area contributed by atoms with E-state index in [1.807, 2.05) is 4.90 Å². The van der Waals surface area contributed by atoms with E-state index in [0.717, 1.165) is 44.6 Å². The number of halogens is 1. The third-order valence-electron chi connectivity index (χ3n) is 4.59. The van der Waals surface area contributed by atoms with Gasteiger partial charge in [-0.15, -0.1) is 12.4 Å². The summed E-state index contributed by atoms with van der Waals surface area (Å²) in [4.78, 5) is 14.6. The summed E-state index contributed by atoms with van der Waals surface area (Å²) in [6.45, 7) is 5.19. The molecule has 116 valence electrons. The number of fused-ring (bicyclic) bond motifs is 1. The van der Waals surface area contributed by atoms with E-state index < -0.39 is 0 Å². The van der Waals surface area contributed by atoms with Gasteiger partial charge in [0, 0.05) is 18.7 Å². The Morgan fingerprint density at radius 2 is 2.29 bits per heavy atom. The fraction of sp³-hybridized carbons (Fsp3) is 0.588. The molecule has 1 amide bonds. The molecule has 2 aliphatic heterocycles. The predicted molar refractivity (Wildman–Crippen MR) is 89.3 cm³/mol. The molecule has 1 N–H and O–H groups in total. The van der Waals surface area contributed by atoms with E-state index in [0.29, 0.717) is 18.2 Å². The van der Waals surface area contributed by atoms with Gasteiger partial charge in [-0.05, 0) is 68.8 Å². The lowest BCUT2D eigenvalue weighted by molar-refractivity contribution is -0.119. The topological polar surface area (TPSA) is 32.3 Å². The molecule has 21 heavy (non-hydrogen) atoms. The van der Waals surface area contributed by atoms with Crippen LogP contribution >= 0.6 is 12.4 Å². The molecule has 0 bridgehead atoms. The van der Waals surface area contributed by atoms with Gasteiger partial charge in [-0.1, -0.05) is 12.1 Å². The van der Waals surface area contributed by atoms with Crippen molar-refractivity contribution in [1.82, 2.24) is 5.32 Å². The number of hydrogen-bond donors (Lipinski definition) is 1. The first-order chi connectivity index (χ1) is 9.74. The van der Waals surface area contributed by atoms with Crippen LogP contribution < -0.4 is 10.2 Å². The van der Waals surface area contributed by atoms with Crippen molar-refractivity contribution in [3.63, 3.8) is 0 Å². The maximum atomic E-state index is 12.5. The summed E-state index contributed by atoms with van der Waals surface area (Å²) in [5, 5.41) is 3.37. The molecule has 3 rings (SSSR count). The number of nitrogens with one attached hydrogen (secondary N) is 1. The SMILES string of the molecule is Cc1ccc2c(c1)N(C(=O)CCC1CCNC1)CCC2.Cl. The van der Waals surface area contributed by atoms with E-state index in [-0.39, 0.29) is 12.4 Å². The third-order valence-corrected chi connectivity index (χ3v) is 4.59. The van der Waals surface area contributed by atoms with Gasteiger partial charge in [0.25, 0.3) is 0 Å². The first kappa shape index (κ1) is 16.3. The van der Waals surface area contributed by atoms with Crippen molar-refractivity contribution in [2.45, 2.75) is 39.0 Å². The van der Waals surface area contributed by atoms with Gasteiger partial charge >= 0.3 is 0 Å². The number of hydrogen-bond acceptors (Lipinski definition) is 2. The average Bonchev–Trinajstić information content (AvgIpc) is 2.97. The van der Waals surface area contributed by atoms with Crippen LogP contribution in [0.1, 0.15) is 36.8 Å². The molecule has 0 aromatic heterocycles. The van der Waals surface area contributed by atoms with Gasteiger partial charge < -0.3 is 10.2 Å². The molecule has 1 saturated heterocycles. The van der Waals surface area contributed by atoms with Crippen molar-refractivity contribution in [1.29, 1.82) is 0 Å². The predicted octanol–water partition coefficient (Wildman–Crippen LogP) is 3.09. The average molecular weight is 309 g/mol. The second kappa shape index (κ2) is 7.28. The Morgan fingerprint density at radius 1 is 1.43 bits per heavy atom. The highest BCUT2D eigenvalue weighted by molar-refractivity contribution is 5.94. The summed E-state index contributed by atoms with van der Waals surface area (Å²) in [6, 6.07) is 6.51. The van der Waals surface area contributed by atoms with Crippen molar-refractivity contribution in [2.75, 3.05) is 24.5 Å². The molecular formula is C17H25ClN2O. The Labute approximate surface area is 133 Å². The standard InChI is InChI=1S/C17H24N2O.ClH/c1-13-4-6-15-3-2-10-19(16(15)11-13)17(20)7-5-14-8-9-18-12-14;/h4,6,11,14,18H,2-3,5,7-10,12H2,1H3;1H. The van der Waals surface area contributed by atoms with Gasteiger partial charge in [-0.3, -0.25) is 4.79 Å². The highest BCUT2D eigenvalue weighted by Crippen LogP contribution is 2.29. The van der Waals surface area contributed by atoms with E-state index in [9.17, 15) is 4.79 Å². The maximum Gasteiger partial charge on any atom is 0.226 e. The molecule has 1 aromatic carbocycles. The molecule has 1 unspecified atom stereocenters. The molecule has 0 spiro atoms. The third kappa shape index (κ3) is 3.78. The number of nitrogens with zero attached hydrogens (tertiary/aromatic N) is 1. The highest BCUT2D eigenvalue weighted by atomic mass is 35.5. The molecule has 3 nitrogen and oxygen atoms in total. The molecule has 2 aliphatic rings. The fourth-order valence-electron chi connectivity index (χ4n) is 3.37. The lowest BCUT2D eigenvalue weighted by Gasteiger charge is -2.30. The van der Waals surface area contributed by atoms with E-state index in [1.165, 1.54) is 17.5 Å². The zero-order valence-corrected chi connectivity index (χ0v) is 13.5. The number of carbonyl (C=O) groups is 1. The van der Waals surface area contributed by atoms with Crippen molar-refractivity contribution in [3.8, 4) is 0 Å². The highest BCUT2D eigenvalue weighted by Gasteiger charge is 2.23. The molecular weight excluding hydrogens is 284 g/mol. The van der Waals surface area contributed by atoms with E-state index in [2.05, 4.69) is 30.4 Å². The normalized spacial score (nSPS) is 20.8. The zero-order valence-electron chi connectivity index (χ0n) is 12.7. The first-order valence-electron chi connectivity index (χ1n) is 7.84. The second-order valence-corrected chi connectivity index (χ2v) is 6.18. The Bertz CT molecular complexity index is 498. The van der Waals surface area contributed by atoms with Crippen LogP contribution in [0, 0.1) is 12.8 Å². The van der Waals surface area contributed by atoms with Gasteiger partial charge in [-0.2, -0.15) is 0 Å². The molecule has 0 aliphatic carbocycles. The zero-order chi connectivity index (χ0) is 13.9. The minimum atomic E-state index is 0. The summed E-state index contributed by atoms with van der Waals surface area (Å²) in [6.07, 6.45) is 5.14. The minimum Gasteiger partial charge on any atom is -0.316 e. The number of benzene rings is 1. The fourth-order valence-corrected chi connectivity index (χ4v) is 3.37. The first-order valence-corrected chi connectivity index (χ1v) is 7.84. The second-order valence-electron chi connectivity index (χ2n) is 6.18. The van der Waals surface area contributed by atoms with Crippen molar-refractivity contribution < 1.29 is 4.79 Å². The van der Waals surface area contributed by atoms with Crippen LogP contribution in [0.3, 0.4) is 0 Å². The van der Waals surface area contributed by atoms with Crippen LogP contribution in [-0.4, -0.2) is 25.5 Å². The molecule has 1 fully saturated rings. The van der Waals surface area contributed by atoms with Gasteiger partial charge in [0.15, 0.2) is 0 Å². The smallest absolute Gasteiger partial charge is 0.226 e. The van der Waals surface area contributed by atoms with Crippen molar-refractivity contribution in [3.05, 3.63) is 29.3 Å². The van der Waals surface area contributed by atoms with Crippen LogP contribution in [0.5, 0.6) is 0 Å². The number of rotatable bonds is 3. The van der Waals surface area contributed by atoms with Crippen LogP contribution in [0.15, 0.2) is 18.2 Å². The molecule has 2 heterocycles. The Balaban J connectivity index is 0.00000161. The lowest BCUT2D eigenvalue weighted by atomic mass is 9.98. The van der Waals surface area contributed by atoms with Crippen LogP contribution in [0.4, 0.5) is 5.69 Å². The summed E-state index contributed by atoms with van der Waals surface area (Å²) < 4.78 is 0. The van der Waals surface area contributed by atoms with E-state index in [4.69, 9.17) is 0 Å². The number of aryl methyl sites for hydroxylation is 2. The monoisotopic (exact) mass is 308 g/mol. The van der Waals surface area contributed by atoms with Crippen molar-refractivity contribution >= 4 is 24.0 Å². The Kier molecular flexibility index (Phi) is 5.65. The maximum absolute atomic E-state index is 12.5. The van der Waals surface area contributed by atoms with Crippen LogP contribution in [0.2, 0.25) is 0 Å². The van der Waals surface area contributed by atoms with Crippen molar-refractivity contribution in [2.24, 2.45) is 5.92 Å². The summed E-state index contributed by atoms with van der Waals surface area (Å²) in [5.74, 6) is 1.00. The van der Waals surface area contributed by atoms with Gasteiger partial charge in [-0.25, -0.2) is 0 Å². The largest absolute Gasteiger partial charge is 0.316 e. The van der Waals surface area contributed by atoms with E-state index in [1.54, 1.807) is 0 Å². The molecule has 4 heteroatoms. The minimum absolute atomic E-state index is 0.